The van der Waals surface area contributed by atoms with Crippen LogP contribution in [0.5, 0.6) is 0 Å². The Morgan fingerprint density at radius 3 is 2.79 bits per heavy atom. The molecule has 0 amide bonds. The molecule has 0 aliphatic rings. The van der Waals surface area contributed by atoms with Crippen LogP contribution in [0, 0.1) is 0 Å². The first-order chi connectivity index (χ1) is 9.22. The zero-order valence-corrected chi connectivity index (χ0v) is 10.8. The van der Waals surface area contributed by atoms with Crippen LogP contribution in [0.15, 0.2) is 42.7 Å². The molecule has 19 heavy (non-hydrogen) atoms. The monoisotopic (exact) mass is 259 g/mol. The van der Waals surface area contributed by atoms with Crippen molar-refractivity contribution in [3.05, 3.63) is 48.3 Å². The Hall–Kier alpha value is -2.14. The van der Waals surface area contributed by atoms with Gasteiger partial charge in [-0.15, -0.1) is 0 Å². The van der Waals surface area contributed by atoms with E-state index in [4.69, 9.17) is 0 Å². The number of carbonyl (C=O) groups is 1. The van der Waals surface area contributed by atoms with Crippen molar-refractivity contribution in [1.82, 2.24) is 15.1 Å². The maximum absolute atomic E-state index is 11.3. The first-order valence-corrected chi connectivity index (χ1v) is 6.28. The van der Waals surface area contributed by atoms with Gasteiger partial charge in [0.1, 0.15) is 6.04 Å². The molecule has 0 radical (unpaired) electrons. The molecule has 0 aliphatic heterocycles. The third-order valence-electron chi connectivity index (χ3n) is 2.80. The second-order valence-electron chi connectivity index (χ2n) is 4.28. The van der Waals surface area contributed by atoms with Crippen LogP contribution in [0.4, 0.5) is 0 Å². The van der Waals surface area contributed by atoms with Crippen LogP contribution in [0.25, 0.3) is 5.69 Å². The third kappa shape index (κ3) is 3.20. The summed E-state index contributed by atoms with van der Waals surface area (Å²) in [6.45, 7) is 2.66. The van der Waals surface area contributed by atoms with Crippen LogP contribution in [0.2, 0.25) is 0 Å². The molecule has 0 fully saturated rings. The minimum Gasteiger partial charge on any atom is -0.480 e. The molecule has 1 unspecified atom stereocenters. The molecular weight excluding hydrogens is 242 g/mol. The van der Waals surface area contributed by atoms with Gasteiger partial charge in [0.25, 0.3) is 0 Å². The number of benzene rings is 1. The highest BCUT2D eigenvalue weighted by atomic mass is 16.4. The summed E-state index contributed by atoms with van der Waals surface area (Å²) in [5, 5.41) is 16.4. The Kier molecular flexibility index (Phi) is 4.30. The van der Waals surface area contributed by atoms with Crippen LogP contribution >= 0.6 is 0 Å². The van der Waals surface area contributed by atoms with Gasteiger partial charge in [-0.1, -0.05) is 25.1 Å². The highest BCUT2D eigenvalue weighted by Crippen LogP contribution is 2.15. The standard InChI is InChI=1S/C14H17N3O2/c1-2-8-15-13(14(18)19)11-9-16-17(10-11)12-6-4-3-5-7-12/h3-7,9-10,13,15H,2,8H2,1H3,(H,18,19). The fraction of sp³-hybridized carbons (Fsp3) is 0.286. The van der Waals surface area contributed by atoms with Crippen molar-refractivity contribution in [2.45, 2.75) is 19.4 Å². The molecule has 2 N–H and O–H groups in total. The fourth-order valence-corrected chi connectivity index (χ4v) is 1.84. The number of hydrogen-bond acceptors (Lipinski definition) is 3. The molecule has 0 aliphatic carbocycles. The lowest BCUT2D eigenvalue weighted by Gasteiger charge is -2.11. The predicted octanol–water partition coefficient (Wildman–Crippen LogP) is 2.00. The maximum atomic E-state index is 11.3. The van der Waals surface area contributed by atoms with Crippen molar-refractivity contribution < 1.29 is 9.90 Å². The first kappa shape index (κ1) is 13.3. The van der Waals surface area contributed by atoms with Crippen LogP contribution in [0.1, 0.15) is 24.9 Å². The van der Waals surface area contributed by atoms with E-state index >= 15 is 0 Å². The Balaban J connectivity index is 2.21. The first-order valence-electron chi connectivity index (χ1n) is 6.28. The Bertz CT molecular complexity index is 537. The van der Waals surface area contributed by atoms with Crippen molar-refractivity contribution in [2.75, 3.05) is 6.54 Å². The zero-order chi connectivity index (χ0) is 13.7. The molecule has 0 saturated carbocycles. The number of carboxylic acids is 1. The summed E-state index contributed by atoms with van der Waals surface area (Å²) in [6.07, 6.45) is 4.22. The summed E-state index contributed by atoms with van der Waals surface area (Å²) in [7, 11) is 0. The SMILES string of the molecule is CCCNC(C(=O)O)c1cnn(-c2ccccc2)c1. The van der Waals surface area contributed by atoms with E-state index in [2.05, 4.69) is 10.4 Å². The molecule has 1 aromatic carbocycles. The van der Waals surface area contributed by atoms with Crippen molar-refractivity contribution in [3.63, 3.8) is 0 Å². The van der Waals surface area contributed by atoms with Gasteiger partial charge >= 0.3 is 5.97 Å². The lowest BCUT2D eigenvalue weighted by Crippen LogP contribution is -2.28. The number of rotatable bonds is 6. The van der Waals surface area contributed by atoms with Crippen molar-refractivity contribution in [2.24, 2.45) is 0 Å². The van der Waals surface area contributed by atoms with Crippen molar-refractivity contribution >= 4 is 5.97 Å². The third-order valence-corrected chi connectivity index (χ3v) is 2.80. The molecule has 2 aromatic rings. The number of aliphatic carboxylic acids is 1. The Labute approximate surface area is 111 Å². The molecule has 1 heterocycles. The van der Waals surface area contributed by atoms with E-state index < -0.39 is 12.0 Å². The van der Waals surface area contributed by atoms with Gasteiger partial charge in [-0.25, -0.2) is 4.68 Å². The minimum atomic E-state index is -0.888. The minimum absolute atomic E-state index is 0.657. The number of nitrogens with one attached hydrogen (secondary N) is 1. The smallest absolute Gasteiger partial charge is 0.325 e. The van der Waals surface area contributed by atoms with Gasteiger partial charge < -0.3 is 10.4 Å². The Morgan fingerprint density at radius 2 is 2.16 bits per heavy atom. The van der Waals surface area contributed by atoms with Crippen LogP contribution in [0.3, 0.4) is 0 Å². The normalized spacial score (nSPS) is 12.3. The highest BCUT2D eigenvalue weighted by molar-refractivity contribution is 5.75. The molecule has 0 spiro atoms. The van der Waals surface area contributed by atoms with E-state index in [9.17, 15) is 9.90 Å². The van der Waals surface area contributed by atoms with Gasteiger partial charge in [0.15, 0.2) is 0 Å². The van der Waals surface area contributed by atoms with Gasteiger partial charge in [0, 0.05) is 11.8 Å². The zero-order valence-electron chi connectivity index (χ0n) is 10.8. The molecule has 2 rings (SSSR count). The molecule has 1 atom stereocenters. The lowest BCUT2D eigenvalue weighted by molar-refractivity contribution is -0.139. The molecule has 0 saturated heterocycles. The molecule has 1 aromatic heterocycles. The van der Waals surface area contributed by atoms with Gasteiger partial charge in [-0.3, -0.25) is 4.79 Å². The maximum Gasteiger partial charge on any atom is 0.325 e. The summed E-state index contributed by atoms with van der Waals surface area (Å²) in [6, 6.07) is 8.90. The number of para-hydroxylation sites is 1. The van der Waals surface area contributed by atoms with E-state index in [0.29, 0.717) is 12.1 Å². The number of hydrogen-bond donors (Lipinski definition) is 2. The van der Waals surface area contributed by atoms with Crippen molar-refractivity contribution in [1.29, 1.82) is 0 Å². The largest absolute Gasteiger partial charge is 0.480 e. The lowest BCUT2D eigenvalue weighted by atomic mass is 10.1. The summed E-state index contributed by atoms with van der Waals surface area (Å²) in [5.41, 5.74) is 1.57. The fourth-order valence-electron chi connectivity index (χ4n) is 1.84. The number of aromatic nitrogens is 2. The van der Waals surface area contributed by atoms with Gasteiger partial charge in [0.05, 0.1) is 11.9 Å². The van der Waals surface area contributed by atoms with E-state index in [0.717, 1.165) is 12.1 Å². The Morgan fingerprint density at radius 1 is 1.42 bits per heavy atom. The molecule has 0 bridgehead atoms. The topological polar surface area (TPSA) is 67.2 Å². The quantitative estimate of drug-likeness (QED) is 0.832. The van der Waals surface area contributed by atoms with E-state index in [1.165, 1.54) is 0 Å². The van der Waals surface area contributed by atoms with E-state index in [-0.39, 0.29) is 0 Å². The average molecular weight is 259 g/mol. The van der Waals surface area contributed by atoms with E-state index in [1.54, 1.807) is 17.1 Å². The van der Waals surface area contributed by atoms with Crippen LogP contribution < -0.4 is 5.32 Å². The van der Waals surface area contributed by atoms with Crippen LogP contribution in [-0.4, -0.2) is 27.4 Å². The number of nitrogens with zero attached hydrogens (tertiary/aromatic N) is 2. The highest BCUT2D eigenvalue weighted by Gasteiger charge is 2.20. The van der Waals surface area contributed by atoms with Gasteiger partial charge in [-0.05, 0) is 25.1 Å². The van der Waals surface area contributed by atoms with Gasteiger partial charge in [0.2, 0.25) is 0 Å². The predicted molar refractivity (Wildman–Crippen MR) is 72.2 cm³/mol. The molecular formula is C14H17N3O2. The van der Waals surface area contributed by atoms with E-state index in [1.807, 2.05) is 37.3 Å². The van der Waals surface area contributed by atoms with Gasteiger partial charge in [-0.2, -0.15) is 5.10 Å². The molecule has 5 heteroatoms. The summed E-state index contributed by atoms with van der Waals surface area (Å²) in [4.78, 5) is 11.3. The summed E-state index contributed by atoms with van der Waals surface area (Å²) >= 11 is 0. The second-order valence-corrected chi connectivity index (χ2v) is 4.28. The second kappa shape index (κ2) is 6.15. The van der Waals surface area contributed by atoms with Crippen LogP contribution in [-0.2, 0) is 4.79 Å². The summed E-state index contributed by atoms with van der Waals surface area (Å²) in [5.74, 6) is -0.888. The molecule has 100 valence electrons. The summed E-state index contributed by atoms with van der Waals surface area (Å²) < 4.78 is 1.68. The number of carboxylic acid groups (broad SMARTS) is 1. The molecule has 5 nitrogen and oxygen atoms in total. The average Bonchev–Trinajstić information content (AvgIpc) is 2.89. The van der Waals surface area contributed by atoms with Crippen molar-refractivity contribution in [3.8, 4) is 5.69 Å².